The van der Waals surface area contributed by atoms with Crippen molar-refractivity contribution in [2.24, 2.45) is 0 Å². The van der Waals surface area contributed by atoms with Gasteiger partial charge in [0.25, 0.3) is 11.8 Å². The number of hydrogen-bond donors (Lipinski definition) is 3. The molecule has 2 amide bonds. The Labute approximate surface area is 103 Å². The van der Waals surface area contributed by atoms with Crippen LogP contribution in [0.2, 0.25) is 0 Å². The van der Waals surface area contributed by atoms with Gasteiger partial charge in [0.15, 0.2) is 0 Å². The van der Waals surface area contributed by atoms with E-state index in [9.17, 15) is 9.59 Å². The molecule has 7 nitrogen and oxygen atoms in total. The Morgan fingerprint density at radius 2 is 2.39 bits per heavy atom. The van der Waals surface area contributed by atoms with Crippen molar-refractivity contribution in [3.05, 3.63) is 23.8 Å². The van der Waals surface area contributed by atoms with Crippen LogP contribution in [0, 0.1) is 0 Å². The second kappa shape index (κ2) is 4.92. The smallest absolute Gasteiger partial charge is 0.268 e. The molecule has 1 aromatic carbocycles. The summed E-state index contributed by atoms with van der Waals surface area (Å²) in [6.45, 7) is 0.0917. The molecule has 1 aliphatic heterocycles. The molecular weight excluding hydrogens is 238 g/mol. The van der Waals surface area contributed by atoms with Crippen LogP contribution in [0.15, 0.2) is 18.2 Å². The molecule has 0 unspecified atom stereocenters. The zero-order valence-electron chi connectivity index (χ0n) is 9.73. The van der Waals surface area contributed by atoms with Gasteiger partial charge in [-0.1, -0.05) is 0 Å². The standard InChI is InChI=1S/C11H13N3O4/c1-17-6-2-3-8(12)7(4-6)10(15)13-9-5-18-14-11(9)16/h2-4,9H,5,12H2,1H3,(H,13,15)(H,14,16)/t9-/m1/s1. The van der Waals surface area contributed by atoms with E-state index in [0.29, 0.717) is 11.4 Å². The van der Waals surface area contributed by atoms with E-state index in [1.165, 1.54) is 13.2 Å². The van der Waals surface area contributed by atoms with Gasteiger partial charge >= 0.3 is 0 Å². The number of nitrogens with two attached hydrogens (primary N) is 1. The molecule has 1 saturated heterocycles. The first-order valence-electron chi connectivity index (χ1n) is 5.28. The molecule has 1 atom stereocenters. The molecule has 1 aromatic rings. The summed E-state index contributed by atoms with van der Waals surface area (Å²) in [6.07, 6.45) is 0. The highest BCUT2D eigenvalue weighted by molar-refractivity contribution is 6.01. The molecule has 2 rings (SSSR count). The van der Waals surface area contributed by atoms with Gasteiger partial charge in [-0.2, -0.15) is 0 Å². The summed E-state index contributed by atoms with van der Waals surface area (Å²) in [5.74, 6) is -0.316. The zero-order chi connectivity index (χ0) is 13.1. The van der Waals surface area contributed by atoms with Crippen LogP contribution >= 0.6 is 0 Å². The van der Waals surface area contributed by atoms with E-state index in [1.807, 2.05) is 0 Å². The van der Waals surface area contributed by atoms with Gasteiger partial charge in [0.1, 0.15) is 18.4 Å². The van der Waals surface area contributed by atoms with Gasteiger partial charge in [0, 0.05) is 5.69 Å². The first kappa shape index (κ1) is 12.2. The van der Waals surface area contributed by atoms with Crippen molar-refractivity contribution in [2.45, 2.75) is 6.04 Å². The summed E-state index contributed by atoms with van der Waals surface area (Å²) < 4.78 is 5.01. The molecule has 0 bridgehead atoms. The number of nitrogen functional groups attached to an aromatic ring is 1. The Bertz CT molecular complexity index is 489. The number of nitrogens with one attached hydrogen (secondary N) is 2. The molecule has 4 N–H and O–H groups in total. The highest BCUT2D eigenvalue weighted by Gasteiger charge is 2.27. The van der Waals surface area contributed by atoms with Crippen molar-refractivity contribution in [1.82, 2.24) is 10.8 Å². The monoisotopic (exact) mass is 251 g/mol. The molecule has 0 saturated carbocycles. The van der Waals surface area contributed by atoms with Crippen molar-refractivity contribution in [3.8, 4) is 5.75 Å². The Kier molecular flexibility index (Phi) is 3.33. The molecule has 96 valence electrons. The van der Waals surface area contributed by atoms with Crippen LogP contribution in [0.3, 0.4) is 0 Å². The minimum absolute atomic E-state index is 0.0917. The van der Waals surface area contributed by atoms with Crippen molar-refractivity contribution < 1.29 is 19.2 Å². The van der Waals surface area contributed by atoms with Crippen LogP contribution in [0.5, 0.6) is 5.75 Å². The van der Waals surface area contributed by atoms with E-state index >= 15 is 0 Å². The molecule has 1 fully saturated rings. The van der Waals surface area contributed by atoms with Gasteiger partial charge in [0.2, 0.25) is 0 Å². The lowest BCUT2D eigenvalue weighted by Gasteiger charge is -2.11. The molecule has 1 heterocycles. The maximum absolute atomic E-state index is 12.0. The van der Waals surface area contributed by atoms with Crippen LogP contribution in [0.1, 0.15) is 10.4 Å². The lowest BCUT2D eigenvalue weighted by atomic mass is 10.1. The van der Waals surface area contributed by atoms with Crippen molar-refractivity contribution >= 4 is 17.5 Å². The highest BCUT2D eigenvalue weighted by atomic mass is 16.7. The largest absolute Gasteiger partial charge is 0.497 e. The van der Waals surface area contributed by atoms with Crippen LogP contribution in [-0.4, -0.2) is 31.6 Å². The van der Waals surface area contributed by atoms with E-state index in [4.69, 9.17) is 15.3 Å². The molecule has 1 aliphatic rings. The number of carbonyl (C=O) groups is 2. The number of hydrogen-bond acceptors (Lipinski definition) is 5. The van der Waals surface area contributed by atoms with E-state index in [0.717, 1.165) is 0 Å². The predicted octanol–water partition coefficient (Wildman–Crippen LogP) is -0.563. The third kappa shape index (κ3) is 2.35. The minimum Gasteiger partial charge on any atom is -0.497 e. The van der Waals surface area contributed by atoms with E-state index in [1.54, 1.807) is 12.1 Å². The number of methoxy groups -OCH3 is 1. The van der Waals surface area contributed by atoms with Crippen molar-refractivity contribution in [1.29, 1.82) is 0 Å². The normalized spacial score (nSPS) is 18.3. The second-order valence-electron chi connectivity index (χ2n) is 3.76. The van der Waals surface area contributed by atoms with Crippen molar-refractivity contribution in [2.75, 3.05) is 19.5 Å². The molecule has 0 radical (unpaired) electrons. The number of ether oxygens (including phenoxy) is 1. The molecule has 0 aliphatic carbocycles. The average molecular weight is 251 g/mol. The van der Waals surface area contributed by atoms with Crippen LogP contribution in [0.4, 0.5) is 5.69 Å². The number of carbonyl (C=O) groups excluding carboxylic acids is 2. The topological polar surface area (TPSA) is 103 Å². The molecule has 0 spiro atoms. The van der Waals surface area contributed by atoms with E-state index in [2.05, 4.69) is 10.8 Å². The van der Waals surface area contributed by atoms with Crippen LogP contribution in [-0.2, 0) is 9.63 Å². The van der Waals surface area contributed by atoms with Gasteiger partial charge in [0.05, 0.1) is 12.7 Å². The maximum Gasteiger partial charge on any atom is 0.268 e. The lowest BCUT2D eigenvalue weighted by molar-refractivity contribution is -0.125. The Morgan fingerprint density at radius 3 is 3.00 bits per heavy atom. The van der Waals surface area contributed by atoms with Crippen LogP contribution < -0.4 is 21.3 Å². The van der Waals surface area contributed by atoms with Crippen LogP contribution in [0.25, 0.3) is 0 Å². The summed E-state index contributed by atoms with van der Waals surface area (Å²) in [5.41, 5.74) is 8.43. The number of anilines is 1. The molecule has 7 heteroatoms. The summed E-state index contributed by atoms with van der Waals surface area (Å²) >= 11 is 0. The third-order valence-corrected chi connectivity index (χ3v) is 2.55. The Balaban J connectivity index is 2.15. The summed E-state index contributed by atoms with van der Waals surface area (Å²) in [4.78, 5) is 27.9. The van der Waals surface area contributed by atoms with Gasteiger partial charge < -0.3 is 15.8 Å². The molecule has 18 heavy (non-hydrogen) atoms. The number of hydroxylamine groups is 1. The summed E-state index contributed by atoms with van der Waals surface area (Å²) in [7, 11) is 1.49. The SMILES string of the molecule is COc1ccc(N)c(C(=O)N[C@@H]2CONC2=O)c1. The quantitative estimate of drug-likeness (QED) is 0.625. The Hall–Kier alpha value is -2.28. The Morgan fingerprint density at radius 1 is 1.61 bits per heavy atom. The predicted molar refractivity (Wildman–Crippen MR) is 62.8 cm³/mol. The highest BCUT2D eigenvalue weighted by Crippen LogP contribution is 2.19. The van der Waals surface area contributed by atoms with E-state index in [-0.39, 0.29) is 18.1 Å². The first-order chi connectivity index (χ1) is 8.61. The number of amides is 2. The van der Waals surface area contributed by atoms with Gasteiger partial charge in [-0.25, -0.2) is 5.48 Å². The van der Waals surface area contributed by atoms with Crippen molar-refractivity contribution in [3.63, 3.8) is 0 Å². The fraction of sp³-hybridized carbons (Fsp3) is 0.273. The van der Waals surface area contributed by atoms with Gasteiger partial charge in [-0.05, 0) is 18.2 Å². The van der Waals surface area contributed by atoms with Gasteiger partial charge in [-0.15, -0.1) is 0 Å². The third-order valence-electron chi connectivity index (χ3n) is 2.55. The fourth-order valence-corrected chi connectivity index (χ4v) is 1.55. The minimum atomic E-state index is -0.705. The molecular formula is C11H13N3O4. The number of benzene rings is 1. The fourth-order valence-electron chi connectivity index (χ4n) is 1.55. The zero-order valence-corrected chi connectivity index (χ0v) is 9.73. The summed E-state index contributed by atoms with van der Waals surface area (Å²) in [6, 6.07) is 4.03. The summed E-state index contributed by atoms with van der Waals surface area (Å²) in [5, 5.41) is 2.53. The maximum atomic E-state index is 12.0. The van der Waals surface area contributed by atoms with E-state index < -0.39 is 11.9 Å². The molecule has 0 aromatic heterocycles. The number of rotatable bonds is 3. The second-order valence-corrected chi connectivity index (χ2v) is 3.76. The average Bonchev–Trinajstić information content (AvgIpc) is 2.75. The lowest BCUT2D eigenvalue weighted by Crippen LogP contribution is -2.41. The van der Waals surface area contributed by atoms with Gasteiger partial charge in [-0.3, -0.25) is 14.4 Å². The first-order valence-corrected chi connectivity index (χ1v) is 5.28.